The summed E-state index contributed by atoms with van der Waals surface area (Å²) < 4.78 is 35.6. The number of benzene rings is 3. The quantitative estimate of drug-likeness (QED) is 0.170. The first-order chi connectivity index (χ1) is 17.1. The number of amides is 1. The predicted octanol–water partition coefficient (Wildman–Crippen LogP) is 5.25. The van der Waals surface area contributed by atoms with E-state index in [1.54, 1.807) is 19.1 Å². The van der Waals surface area contributed by atoms with Crippen LogP contribution in [0.4, 0.5) is 5.69 Å². The van der Waals surface area contributed by atoms with Gasteiger partial charge >= 0.3 is 16.1 Å². The minimum absolute atomic E-state index is 0.0164. The van der Waals surface area contributed by atoms with Gasteiger partial charge in [0, 0.05) is 5.69 Å². The maximum Gasteiger partial charge on any atom is 0.339 e. The van der Waals surface area contributed by atoms with E-state index in [9.17, 15) is 23.3 Å². The van der Waals surface area contributed by atoms with Gasteiger partial charge in [-0.1, -0.05) is 23.8 Å². The summed E-state index contributed by atoms with van der Waals surface area (Å²) in [6.45, 7) is 3.80. The van der Waals surface area contributed by atoms with Crippen LogP contribution in [-0.2, 0) is 19.6 Å². The van der Waals surface area contributed by atoms with Crippen molar-refractivity contribution in [3.8, 4) is 11.8 Å². The molecular formula is C26H21BrN2O6S. The van der Waals surface area contributed by atoms with E-state index >= 15 is 0 Å². The lowest BCUT2D eigenvalue weighted by atomic mass is 10.1. The van der Waals surface area contributed by atoms with E-state index in [2.05, 4.69) is 21.2 Å². The topological polar surface area (TPSA) is 123 Å². The maximum absolute atomic E-state index is 12.6. The summed E-state index contributed by atoms with van der Waals surface area (Å²) in [5, 5.41) is 12.1. The molecule has 0 aromatic heterocycles. The van der Waals surface area contributed by atoms with Crippen molar-refractivity contribution in [3.63, 3.8) is 0 Å². The average molecular weight is 569 g/mol. The van der Waals surface area contributed by atoms with Gasteiger partial charge in [0.1, 0.15) is 16.5 Å². The fourth-order valence-electron chi connectivity index (χ4n) is 2.96. The van der Waals surface area contributed by atoms with Crippen molar-refractivity contribution in [1.82, 2.24) is 0 Å². The van der Waals surface area contributed by atoms with Crippen LogP contribution in [0.15, 0.2) is 81.7 Å². The van der Waals surface area contributed by atoms with Crippen molar-refractivity contribution in [2.24, 2.45) is 0 Å². The SMILES string of the molecule is CCOC(=O)c1ccc(NC(=O)/C(C#N)=C/c2ccc(OS(=O)(=O)c3ccc(C)cc3)c(Br)c2)cc1. The molecule has 184 valence electrons. The highest BCUT2D eigenvalue weighted by Crippen LogP contribution is 2.30. The molecule has 0 saturated carbocycles. The van der Waals surface area contributed by atoms with Gasteiger partial charge in [-0.15, -0.1) is 0 Å². The molecule has 36 heavy (non-hydrogen) atoms. The number of nitrogens with zero attached hydrogens (tertiary/aromatic N) is 1. The van der Waals surface area contributed by atoms with Crippen molar-refractivity contribution in [1.29, 1.82) is 5.26 Å². The number of aryl methyl sites for hydroxylation is 1. The second-order valence-corrected chi connectivity index (χ2v) is 9.86. The number of rotatable bonds is 8. The van der Waals surface area contributed by atoms with Crippen molar-refractivity contribution in [2.45, 2.75) is 18.7 Å². The lowest BCUT2D eigenvalue weighted by Gasteiger charge is -2.10. The number of hydrogen-bond donors (Lipinski definition) is 1. The van der Waals surface area contributed by atoms with Crippen molar-refractivity contribution >= 4 is 49.7 Å². The number of hydrogen-bond acceptors (Lipinski definition) is 7. The number of nitriles is 1. The Hall–Kier alpha value is -3.94. The molecule has 0 aliphatic heterocycles. The third-order valence-corrected chi connectivity index (χ3v) is 6.66. The Balaban J connectivity index is 1.74. The molecule has 1 amide bonds. The van der Waals surface area contributed by atoms with Gasteiger partial charge in [-0.25, -0.2) is 4.79 Å². The minimum Gasteiger partial charge on any atom is -0.462 e. The van der Waals surface area contributed by atoms with Gasteiger partial charge in [0.15, 0.2) is 5.75 Å². The van der Waals surface area contributed by atoms with Crippen molar-refractivity contribution in [2.75, 3.05) is 11.9 Å². The van der Waals surface area contributed by atoms with Crippen LogP contribution in [0.1, 0.15) is 28.4 Å². The fraction of sp³-hybridized carbons (Fsp3) is 0.115. The number of nitrogens with one attached hydrogen (secondary N) is 1. The zero-order valence-electron chi connectivity index (χ0n) is 19.3. The molecule has 0 unspecified atom stereocenters. The van der Waals surface area contributed by atoms with E-state index < -0.39 is 22.0 Å². The number of carbonyl (C=O) groups excluding carboxylic acids is 2. The third kappa shape index (κ3) is 6.81. The van der Waals surface area contributed by atoms with Crippen LogP contribution in [0.25, 0.3) is 6.08 Å². The first-order valence-electron chi connectivity index (χ1n) is 10.6. The zero-order valence-corrected chi connectivity index (χ0v) is 21.7. The van der Waals surface area contributed by atoms with E-state index in [-0.39, 0.29) is 22.8 Å². The van der Waals surface area contributed by atoms with Gasteiger partial charge in [-0.2, -0.15) is 13.7 Å². The summed E-state index contributed by atoms with van der Waals surface area (Å²) in [5.74, 6) is -1.07. The highest BCUT2D eigenvalue weighted by atomic mass is 79.9. The first-order valence-corrected chi connectivity index (χ1v) is 12.8. The number of esters is 1. The Bertz CT molecular complexity index is 1460. The van der Waals surface area contributed by atoms with Crippen molar-refractivity contribution in [3.05, 3.63) is 93.5 Å². The Labute approximate surface area is 217 Å². The number of carbonyl (C=O) groups is 2. The molecular weight excluding hydrogens is 548 g/mol. The Morgan fingerprint density at radius 2 is 1.72 bits per heavy atom. The molecule has 0 saturated heterocycles. The molecule has 3 aromatic carbocycles. The maximum atomic E-state index is 12.6. The highest BCUT2D eigenvalue weighted by molar-refractivity contribution is 9.10. The van der Waals surface area contributed by atoms with Gasteiger partial charge in [0.2, 0.25) is 0 Å². The van der Waals surface area contributed by atoms with Crippen LogP contribution in [0.2, 0.25) is 0 Å². The fourth-order valence-corrected chi connectivity index (χ4v) is 4.50. The van der Waals surface area contributed by atoms with Gasteiger partial charge in [-0.05, 0) is 89.9 Å². The minimum atomic E-state index is -4.04. The van der Waals surface area contributed by atoms with E-state index in [0.717, 1.165) is 5.56 Å². The second-order valence-electron chi connectivity index (χ2n) is 7.46. The molecule has 0 spiro atoms. The summed E-state index contributed by atoms with van der Waals surface area (Å²) in [5.41, 5.74) is 1.92. The lowest BCUT2D eigenvalue weighted by molar-refractivity contribution is -0.112. The molecule has 0 radical (unpaired) electrons. The summed E-state index contributed by atoms with van der Waals surface area (Å²) >= 11 is 3.28. The highest BCUT2D eigenvalue weighted by Gasteiger charge is 2.18. The summed E-state index contributed by atoms with van der Waals surface area (Å²) in [7, 11) is -4.04. The lowest BCUT2D eigenvalue weighted by Crippen LogP contribution is -2.13. The van der Waals surface area contributed by atoms with E-state index in [1.807, 2.05) is 13.0 Å². The van der Waals surface area contributed by atoms with Gasteiger partial charge in [0.05, 0.1) is 16.6 Å². The number of ether oxygens (including phenoxy) is 1. The van der Waals surface area contributed by atoms with Crippen LogP contribution in [0, 0.1) is 18.3 Å². The molecule has 0 heterocycles. The van der Waals surface area contributed by atoms with Gasteiger partial charge in [0.25, 0.3) is 5.91 Å². The van der Waals surface area contributed by atoms with Crippen LogP contribution in [0.3, 0.4) is 0 Å². The monoisotopic (exact) mass is 568 g/mol. The van der Waals surface area contributed by atoms with Crippen LogP contribution in [0.5, 0.6) is 5.75 Å². The molecule has 8 nitrogen and oxygen atoms in total. The van der Waals surface area contributed by atoms with Crippen LogP contribution < -0.4 is 9.50 Å². The van der Waals surface area contributed by atoms with Gasteiger partial charge in [-0.3, -0.25) is 4.79 Å². The number of halogens is 1. The Kier molecular flexibility index (Phi) is 8.64. The molecule has 3 rings (SSSR count). The van der Waals surface area contributed by atoms with E-state index in [4.69, 9.17) is 8.92 Å². The predicted molar refractivity (Wildman–Crippen MR) is 138 cm³/mol. The molecule has 3 aromatic rings. The Morgan fingerprint density at radius 1 is 1.06 bits per heavy atom. The largest absolute Gasteiger partial charge is 0.462 e. The summed E-state index contributed by atoms with van der Waals surface area (Å²) in [6, 6.07) is 18.6. The molecule has 0 aliphatic rings. The second kappa shape index (κ2) is 11.7. The van der Waals surface area contributed by atoms with Crippen LogP contribution >= 0.6 is 15.9 Å². The molecule has 1 N–H and O–H groups in total. The van der Waals surface area contributed by atoms with Crippen LogP contribution in [-0.4, -0.2) is 26.9 Å². The Morgan fingerprint density at radius 3 is 2.31 bits per heavy atom. The standard InChI is InChI=1S/C26H21BrN2O6S/c1-3-34-26(31)19-7-9-21(10-8-19)29-25(30)20(16-28)14-18-6-13-24(23(27)15-18)35-36(32,33)22-11-4-17(2)5-12-22/h4-15H,3H2,1-2H3,(H,29,30)/b20-14+. The van der Waals surface area contributed by atoms with E-state index in [1.165, 1.54) is 60.7 Å². The first kappa shape index (κ1) is 26.7. The molecule has 10 heteroatoms. The number of anilines is 1. The normalized spacial score (nSPS) is 11.3. The van der Waals surface area contributed by atoms with Gasteiger partial charge < -0.3 is 14.2 Å². The average Bonchev–Trinajstić information content (AvgIpc) is 2.85. The smallest absolute Gasteiger partial charge is 0.339 e. The summed E-state index contributed by atoms with van der Waals surface area (Å²) in [6.07, 6.45) is 1.35. The zero-order chi connectivity index (χ0) is 26.3. The molecule has 0 aliphatic carbocycles. The summed E-state index contributed by atoms with van der Waals surface area (Å²) in [4.78, 5) is 24.3. The third-order valence-electron chi connectivity index (χ3n) is 4.80. The van der Waals surface area contributed by atoms with Crippen molar-refractivity contribution < 1.29 is 26.9 Å². The molecule has 0 fully saturated rings. The molecule has 0 atom stereocenters. The molecule has 0 bridgehead atoms. The van der Waals surface area contributed by atoms with E-state index in [0.29, 0.717) is 21.3 Å².